The normalized spacial score (nSPS) is 14.4. The van der Waals surface area contributed by atoms with E-state index < -0.39 is 0 Å². The zero-order chi connectivity index (χ0) is 11.2. The molecule has 1 aliphatic carbocycles. The highest BCUT2D eigenvalue weighted by Gasteiger charge is 2.11. The molecule has 1 heterocycles. The van der Waals surface area contributed by atoms with Gasteiger partial charge in [-0.3, -0.25) is 0 Å². The molecular formula is C16H13N. The number of hydrogen-bond acceptors (Lipinski definition) is 0. The molecule has 0 saturated heterocycles. The second-order valence-corrected chi connectivity index (χ2v) is 4.67. The largest absolute Gasteiger partial charge is 0.354 e. The molecule has 0 amide bonds. The third-order valence-electron chi connectivity index (χ3n) is 3.68. The lowest BCUT2D eigenvalue weighted by Crippen LogP contribution is -1.94. The smallest absolute Gasteiger partial charge is 0.0541 e. The lowest BCUT2D eigenvalue weighted by Gasteiger charge is -2.10. The minimum absolute atomic E-state index is 1.16. The molecule has 4 rings (SSSR count). The second-order valence-electron chi connectivity index (χ2n) is 4.67. The first-order chi connectivity index (χ1) is 8.43. The summed E-state index contributed by atoms with van der Waals surface area (Å²) in [6, 6.07) is 13.1. The maximum absolute atomic E-state index is 3.55. The van der Waals surface area contributed by atoms with Crippen molar-refractivity contribution in [1.82, 2.24) is 4.98 Å². The van der Waals surface area contributed by atoms with Crippen LogP contribution in [-0.2, 0) is 6.42 Å². The van der Waals surface area contributed by atoms with E-state index in [9.17, 15) is 0 Å². The average Bonchev–Trinajstić information content (AvgIpc) is 2.78. The number of aromatic amines is 1. The van der Waals surface area contributed by atoms with E-state index >= 15 is 0 Å². The van der Waals surface area contributed by atoms with Crippen LogP contribution in [0.2, 0.25) is 0 Å². The number of aryl methyl sites for hydroxylation is 1. The Morgan fingerprint density at radius 2 is 1.88 bits per heavy atom. The zero-order valence-electron chi connectivity index (χ0n) is 9.53. The number of hydrogen-bond donors (Lipinski definition) is 1. The molecule has 0 radical (unpaired) electrons. The first-order valence-electron chi connectivity index (χ1n) is 6.12. The van der Waals surface area contributed by atoms with Gasteiger partial charge in [0, 0.05) is 21.9 Å². The van der Waals surface area contributed by atoms with Gasteiger partial charge in [-0.25, -0.2) is 0 Å². The van der Waals surface area contributed by atoms with Gasteiger partial charge in [-0.2, -0.15) is 0 Å². The lowest BCUT2D eigenvalue weighted by atomic mass is 9.95. The second kappa shape index (κ2) is 3.24. The summed E-state index contributed by atoms with van der Waals surface area (Å²) in [6.45, 7) is 0. The first kappa shape index (κ1) is 9.06. The third kappa shape index (κ3) is 1.19. The number of allylic oxidation sites excluding steroid dienone is 1. The van der Waals surface area contributed by atoms with Crippen molar-refractivity contribution in [2.75, 3.05) is 0 Å². The van der Waals surface area contributed by atoms with E-state index in [-0.39, 0.29) is 0 Å². The monoisotopic (exact) mass is 219 g/mol. The van der Waals surface area contributed by atoms with Gasteiger partial charge in [0.25, 0.3) is 0 Å². The van der Waals surface area contributed by atoms with Crippen LogP contribution in [-0.4, -0.2) is 4.98 Å². The Morgan fingerprint density at radius 1 is 0.941 bits per heavy atom. The topological polar surface area (TPSA) is 15.8 Å². The minimum atomic E-state index is 1.16. The number of H-pyrrole nitrogens is 1. The molecule has 3 aromatic rings. The summed E-state index contributed by atoms with van der Waals surface area (Å²) in [5.74, 6) is 0. The molecule has 17 heavy (non-hydrogen) atoms. The molecule has 0 saturated carbocycles. The molecule has 82 valence electrons. The predicted octanol–water partition coefficient (Wildman–Crippen LogP) is 4.28. The fourth-order valence-electron chi connectivity index (χ4n) is 2.83. The summed E-state index contributed by atoms with van der Waals surface area (Å²) in [6.07, 6.45) is 6.86. The van der Waals surface area contributed by atoms with Crippen LogP contribution in [0.25, 0.3) is 27.9 Å². The van der Waals surface area contributed by atoms with E-state index in [1.807, 2.05) is 0 Å². The highest BCUT2D eigenvalue weighted by atomic mass is 14.7. The van der Waals surface area contributed by atoms with E-state index in [0.29, 0.717) is 0 Å². The quantitative estimate of drug-likeness (QED) is 0.581. The maximum atomic E-state index is 3.55. The molecule has 0 bridgehead atoms. The number of aromatic nitrogens is 1. The number of benzene rings is 2. The van der Waals surface area contributed by atoms with Crippen LogP contribution in [0.3, 0.4) is 0 Å². The van der Waals surface area contributed by atoms with Gasteiger partial charge in [0.15, 0.2) is 0 Å². The highest BCUT2D eigenvalue weighted by Crippen LogP contribution is 2.32. The van der Waals surface area contributed by atoms with Gasteiger partial charge >= 0.3 is 0 Å². The predicted molar refractivity (Wildman–Crippen MR) is 73.2 cm³/mol. The van der Waals surface area contributed by atoms with Gasteiger partial charge in [-0.05, 0) is 24.5 Å². The Hall–Kier alpha value is -2.02. The van der Waals surface area contributed by atoms with Crippen molar-refractivity contribution in [2.24, 2.45) is 0 Å². The van der Waals surface area contributed by atoms with Crippen LogP contribution in [0, 0.1) is 0 Å². The van der Waals surface area contributed by atoms with Gasteiger partial charge in [0.05, 0.1) is 5.52 Å². The van der Waals surface area contributed by atoms with E-state index in [2.05, 4.69) is 53.5 Å². The SMILES string of the molecule is C1=Cc2c(ccc3c2[nH]c2ccccc23)CC1. The van der Waals surface area contributed by atoms with Crippen LogP contribution in [0.5, 0.6) is 0 Å². The van der Waals surface area contributed by atoms with E-state index in [1.165, 1.54) is 39.4 Å². The maximum Gasteiger partial charge on any atom is 0.0541 e. The van der Waals surface area contributed by atoms with E-state index in [4.69, 9.17) is 0 Å². The van der Waals surface area contributed by atoms with Crippen LogP contribution in [0.15, 0.2) is 42.5 Å². The number of fused-ring (bicyclic) bond motifs is 5. The van der Waals surface area contributed by atoms with Crippen LogP contribution in [0.1, 0.15) is 17.5 Å². The van der Waals surface area contributed by atoms with Crippen molar-refractivity contribution in [3.63, 3.8) is 0 Å². The molecule has 1 nitrogen and oxygen atoms in total. The molecular weight excluding hydrogens is 206 g/mol. The molecule has 1 aromatic heterocycles. The lowest BCUT2D eigenvalue weighted by molar-refractivity contribution is 0.989. The standard InChI is InChI=1S/C16H13N/c1-2-6-12-11(5-1)9-10-14-13-7-3-4-8-15(13)17-16(12)14/h2-4,6-10,17H,1,5H2. The Bertz CT molecular complexity index is 747. The molecule has 0 spiro atoms. The first-order valence-corrected chi connectivity index (χ1v) is 6.12. The molecule has 0 unspecified atom stereocenters. The van der Waals surface area contributed by atoms with Crippen molar-refractivity contribution >= 4 is 27.9 Å². The Kier molecular flexibility index (Phi) is 1.72. The Balaban J connectivity index is 2.22. The number of nitrogens with one attached hydrogen (secondary N) is 1. The van der Waals surface area contributed by atoms with Crippen LogP contribution >= 0.6 is 0 Å². The Morgan fingerprint density at radius 3 is 2.88 bits per heavy atom. The Labute approximate surface area is 99.8 Å². The molecule has 0 atom stereocenters. The van der Waals surface area contributed by atoms with Crippen molar-refractivity contribution in [3.05, 3.63) is 53.6 Å². The van der Waals surface area contributed by atoms with Crippen molar-refractivity contribution in [1.29, 1.82) is 0 Å². The fourth-order valence-corrected chi connectivity index (χ4v) is 2.83. The summed E-state index contributed by atoms with van der Waals surface area (Å²) in [7, 11) is 0. The van der Waals surface area contributed by atoms with Crippen LogP contribution in [0.4, 0.5) is 0 Å². The molecule has 1 aliphatic rings. The molecule has 1 heteroatoms. The van der Waals surface area contributed by atoms with Crippen LogP contribution < -0.4 is 0 Å². The minimum Gasteiger partial charge on any atom is -0.354 e. The molecule has 0 aliphatic heterocycles. The summed E-state index contributed by atoms with van der Waals surface area (Å²) >= 11 is 0. The van der Waals surface area contributed by atoms with Gasteiger partial charge < -0.3 is 4.98 Å². The molecule has 2 aromatic carbocycles. The van der Waals surface area contributed by atoms with Gasteiger partial charge in [0.2, 0.25) is 0 Å². The van der Waals surface area contributed by atoms with Crippen molar-refractivity contribution in [2.45, 2.75) is 12.8 Å². The molecule has 0 fully saturated rings. The van der Waals surface area contributed by atoms with Crippen molar-refractivity contribution in [3.8, 4) is 0 Å². The summed E-state index contributed by atoms with van der Waals surface area (Å²) in [5.41, 5.74) is 5.37. The van der Waals surface area contributed by atoms with Gasteiger partial charge in [-0.15, -0.1) is 0 Å². The summed E-state index contributed by atoms with van der Waals surface area (Å²) < 4.78 is 0. The van der Waals surface area contributed by atoms with Gasteiger partial charge in [-0.1, -0.05) is 42.5 Å². The summed E-state index contributed by atoms with van der Waals surface area (Å²) in [4.78, 5) is 3.55. The van der Waals surface area contributed by atoms with E-state index in [1.54, 1.807) is 0 Å². The molecule has 1 N–H and O–H groups in total. The zero-order valence-corrected chi connectivity index (χ0v) is 9.53. The van der Waals surface area contributed by atoms with E-state index in [0.717, 1.165) is 6.42 Å². The third-order valence-corrected chi connectivity index (χ3v) is 3.68. The highest BCUT2D eigenvalue weighted by molar-refractivity contribution is 6.10. The number of rotatable bonds is 0. The van der Waals surface area contributed by atoms with Gasteiger partial charge in [0.1, 0.15) is 0 Å². The van der Waals surface area contributed by atoms with Crippen molar-refractivity contribution < 1.29 is 0 Å². The number of para-hydroxylation sites is 1. The fraction of sp³-hybridized carbons (Fsp3) is 0.125. The average molecular weight is 219 g/mol. The summed E-state index contributed by atoms with van der Waals surface area (Å²) in [5, 5.41) is 2.66.